The molecule has 286 valence electrons. The van der Waals surface area contributed by atoms with Crippen LogP contribution < -0.4 is 0 Å². The van der Waals surface area contributed by atoms with Gasteiger partial charge in [-0.1, -0.05) is 158 Å². The predicted molar refractivity (Wildman–Crippen MR) is 250 cm³/mol. The molecule has 0 saturated carbocycles. The first-order valence-corrected chi connectivity index (χ1v) is 20.5. The van der Waals surface area contributed by atoms with Crippen molar-refractivity contribution in [2.75, 3.05) is 0 Å². The monoisotopic (exact) mass is 780 g/mol. The summed E-state index contributed by atoms with van der Waals surface area (Å²) in [4.78, 5) is 15.7. The van der Waals surface area contributed by atoms with E-state index in [0.29, 0.717) is 5.82 Å². The molecule has 6 heteroatoms. The lowest BCUT2D eigenvalue weighted by Crippen LogP contribution is -1.99. The van der Waals surface area contributed by atoms with E-state index < -0.39 is 0 Å². The molecule has 0 atom stereocenters. The van der Waals surface area contributed by atoms with Crippen LogP contribution in [0.5, 0.6) is 0 Å². The Morgan fingerprint density at radius 3 is 1.51 bits per heavy atom. The van der Waals surface area contributed by atoms with Crippen LogP contribution in [0, 0.1) is 0 Å². The zero-order chi connectivity index (χ0) is 40.3. The van der Waals surface area contributed by atoms with Gasteiger partial charge in [-0.3, -0.25) is 9.13 Å². The molecule has 0 unspecified atom stereocenters. The van der Waals surface area contributed by atoms with E-state index in [9.17, 15) is 0 Å². The van der Waals surface area contributed by atoms with Crippen LogP contribution in [0.4, 0.5) is 0 Å². The van der Waals surface area contributed by atoms with Crippen molar-refractivity contribution in [1.29, 1.82) is 0 Å². The van der Waals surface area contributed by atoms with Crippen LogP contribution in [0.3, 0.4) is 0 Å². The van der Waals surface area contributed by atoms with Gasteiger partial charge in [-0.05, 0) is 60.7 Å². The molecule has 12 aromatic rings. The molecule has 4 heterocycles. The zero-order valence-corrected chi connectivity index (χ0v) is 33.0. The fourth-order valence-electron chi connectivity index (χ4n) is 8.90. The summed E-state index contributed by atoms with van der Waals surface area (Å²) in [6.45, 7) is 0. The molecule has 12 rings (SSSR count). The van der Waals surface area contributed by atoms with Crippen LogP contribution in [0.2, 0.25) is 0 Å². The fourth-order valence-corrected chi connectivity index (χ4v) is 8.90. The average Bonchev–Trinajstić information content (AvgIpc) is 3.99. The number of nitrogens with zero attached hydrogens (tertiary/aromatic N) is 6. The zero-order valence-electron chi connectivity index (χ0n) is 33.0. The van der Waals surface area contributed by atoms with Crippen molar-refractivity contribution in [2.45, 2.75) is 0 Å². The summed E-state index contributed by atoms with van der Waals surface area (Å²) in [5, 5.41) is 3.48. The molecule has 0 bridgehead atoms. The van der Waals surface area contributed by atoms with Gasteiger partial charge in [-0.2, -0.15) is 0 Å². The summed E-state index contributed by atoms with van der Waals surface area (Å²) in [5.74, 6) is 1.59. The quantitative estimate of drug-likeness (QED) is 0.162. The smallest absolute Gasteiger partial charge is 0.165 e. The summed E-state index contributed by atoms with van der Waals surface area (Å²) in [6, 6.07) is 76.5. The first kappa shape index (κ1) is 34.7. The maximum atomic E-state index is 5.50. The first-order valence-electron chi connectivity index (χ1n) is 20.5. The average molecular weight is 781 g/mol. The second kappa shape index (κ2) is 14.2. The van der Waals surface area contributed by atoms with Crippen LogP contribution in [0.25, 0.3) is 106 Å². The van der Waals surface area contributed by atoms with E-state index in [1.165, 1.54) is 10.8 Å². The van der Waals surface area contributed by atoms with Crippen molar-refractivity contribution in [3.8, 4) is 62.4 Å². The van der Waals surface area contributed by atoms with E-state index in [2.05, 4.69) is 208 Å². The molecule has 0 N–H and O–H groups in total. The second-order valence-corrected chi connectivity index (χ2v) is 15.3. The van der Waals surface area contributed by atoms with Gasteiger partial charge < -0.3 is 4.57 Å². The Hall–Kier alpha value is -8.35. The molecule has 0 amide bonds. The van der Waals surface area contributed by atoms with E-state index in [4.69, 9.17) is 15.0 Å². The van der Waals surface area contributed by atoms with E-state index in [-0.39, 0.29) is 0 Å². The number of hydrogen-bond acceptors (Lipinski definition) is 3. The van der Waals surface area contributed by atoms with Gasteiger partial charge in [-0.15, -0.1) is 0 Å². The molecule has 4 aromatic heterocycles. The Morgan fingerprint density at radius 1 is 0.295 bits per heavy atom. The lowest BCUT2D eigenvalue weighted by atomic mass is 10.1. The standard InChI is InChI=1S/C55H36N6/c1-6-19-37(20-7-1)47-35-48(57-53(56-47)38-21-8-2-9-22-38)40-25-18-30-43(33-40)59-49-32-17-16-31-44(49)45-34-46-51(36-50(45)59)60(41-26-12-4-13-27-41)55-52(46)61(42-28-14-5-15-29-42)54(58-55)39-23-10-3-11-24-39/h1-36H. The maximum Gasteiger partial charge on any atom is 0.165 e. The Bertz CT molecular complexity index is 3490. The number of fused-ring (bicyclic) bond motifs is 6. The van der Waals surface area contributed by atoms with Gasteiger partial charge in [0, 0.05) is 55.5 Å². The largest absolute Gasteiger partial charge is 0.309 e. The molecule has 0 aliphatic rings. The predicted octanol–water partition coefficient (Wildman–Crippen LogP) is 13.5. The van der Waals surface area contributed by atoms with Crippen molar-refractivity contribution in [1.82, 2.24) is 28.7 Å². The molecule has 0 spiro atoms. The second-order valence-electron chi connectivity index (χ2n) is 15.3. The third-order valence-corrected chi connectivity index (χ3v) is 11.6. The number of imidazole rings is 1. The molecule has 0 saturated heterocycles. The maximum absolute atomic E-state index is 5.50. The summed E-state index contributed by atoms with van der Waals surface area (Å²) in [5.41, 5.74) is 14.3. The Kier molecular flexibility index (Phi) is 8.06. The Morgan fingerprint density at radius 2 is 0.820 bits per heavy atom. The van der Waals surface area contributed by atoms with E-state index in [1.807, 2.05) is 24.3 Å². The number of hydrogen-bond donors (Lipinski definition) is 0. The molecule has 0 radical (unpaired) electrons. The fraction of sp³-hybridized carbons (Fsp3) is 0. The van der Waals surface area contributed by atoms with Crippen LogP contribution in [0.1, 0.15) is 0 Å². The molecule has 8 aromatic carbocycles. The van der Waals surface area contributed by atoms with Crippen LogP contribution >= 0.6 is 0 Å². The third-order valence-electron chi connectivity index (χ3n) is 11.6. The number of aromatic nitrogens is 6. The highest BCUT2D eigenvalue weighted by molar-refractivity contribution is 6.18. The van der Waals surface area contributed by atoms with Crippen LogP contribution in [-0.4, -0.2) is 28.7 Å². The van der Waals surface area contributed by atoms with Crippen LogP contribution in [-0.2, 0) is 0 Å². The lowest BCUT2D eigenvalue weighted by molar-refractivity contribution is 1.10. The molecular weight excluding hydrogens is 745 g/mol. The van der Waals surface area contributed by atoms with Gasteiger partial charge in [0.1, 0.15) is 11.3 Å². The summed E-state index contributed by atoms with van der Waals surface area (Å²) < 4.78 is 7.05. The first-order chi connectivity index (χ1) is 30.3. The van der Waals surface area contributed by atoms with Crippen molar-refractivity contribution in [3.63, 3.8) is 0 Å². The molecule has 0 fully saturated rings. The summed E-state index contributed by atoms with van der Waals surface area (Å²) in [6.07, 6.45) is 0. The van der Waals surface area contributed by atoms with Gasteiger partial charge in [-0.25, -0.2) is 15.0 Å². The molecule has 0 aliphatic heterocycles. The highest BCUT2D eigenvalue weighted by Gasteiger charge is 2.25. The Balaban J connectivity index is 1.13. The SMILES string of the molecule is c1ccc(-c2cc(-c3cccc(-n4c5ccccc5c5cc6c7c(nc(-c8ccccc8)n7-c7ccccc7)n(-c7ccccc7)c6cc54)c3)nc(-c3ccccc3)n2)cc1. The third kappa shape index (κ3) is 5.76. The minimum absolute atomic E-state index is 0.693. The summed E-state index contributed by atoms with van der Waals surface area (Å²) in [7, 11) is 0. The van der Waals surface area contributed by atoms with Gasteiger partial charge in [0.2, 0.25) is 0 Å². The highest BCUT2D eigenvalue weighted by Crippen LogP contribution is 2.42. The van der Waals surface area contributed by atoms with Crippen LogP contribution in [0.15, 0.2) is 218 Å². The molecular formula is C55H36N6. The van der Waals surface area contributed by atoms with Crippen molar-refractivity contribution < 1.29 is 0 Å². The van der Waals surface area contributed by atoms with E-state index >= 15 is 0 Å². The number of benzene rings is 8. The number of para-hydroxylation sites is 3. The van der Waals surface area contributed by atoms with E-state index in [1.54, 1.807) is 0 Å². The molecule has 6 nitrogen and oxygen atoms in total. The van der Waals surface area contributed by atoms with Crippen molar-refractivity contribution >= 4 is 43.9 Å². The lowest BCUT2D eigenvalue weighted by Gasteiger charge is -2.13. The van der Waals surface area contributed by atoms with Gasteiger partial charge in [0.15, 0.2) is 11.5 Å². The van der Waals surface area contributed by atoms with Crippen molar-refractivity contribution in [2.24, 2.45) is 0 Å². The van der Waals surface area contributed by atoms with Gasteiger partial charge in [0.25, 0.3) is 0 Å². The Labute approximate surface area is 351 Å². The minimum atomic E-state index is 0.693. The highest BCUT2D eigenvalue weighted by atomic mass is 15.2. The summed E-state index contributed by atoms with van der Waals surface area (Å²) >= 11 is 0. The molecule has 61 heavy (non-hydrogen) atoms. The minimum Gasteiger partial charge on any atom is -0.309 e. The van der Waals surface area contributed by atoms with Gasteiger partial charge in [0.05, 0.1) is 27.9 Å². The normalized spacial score (nSPS) is 11.6. The van der Waals surface area contributed by atoms with Gasteiger partial charge >= 0.3 is 0 Å². The van der Waals surface area contributed by atoms with E-state index in [0.717, 1.165) is 89.6 Å². The molecule has 0 aliphatic carbocycles. The number of rotatable bonds is 7. The topological polar surface area (TPSA) is 53.5 Å². The van der Waals surface area contributed by atoms with Crippen molar-refractivity contribution in [3.05, 3.63) is 218 Å².